The van der Waals surface area contributed by atoms with E-state index in [0.717, 1.165) is 5.69 Å². The van der Waals surface area contributed by atoms with E-state index in [9.17, 15) is 8.42 Å². The lowest BCUT2D eigenvalue weighted by molar-refractivity contribution is 0.585. The molecule has 0 saturated heterocycles. The van der Waals surface area contributed by atoms with Gasteiger partial charge in [0.05, 0.1) is 10.7 Å². The second-order valence-electron chi connectivity index (χ2n) is 3.61. The molecule has 8 heteroatoms. The topological polar surface area (TPSA) is 71.1 Å². The molecule has 2 aromatic rings. The summed E-state index contributed by atoms with van der Waals surface area (Å²) in [7, 11) is -3.40. The maximum atomic E-state index is 11.8. The van der Waals surface area contributed by atoms with Gasteiger partial charge < -0.3 is 5.32 Å². The Morgan fingerprint density at radius 2 is 2.16 bits per heavy atom. The van der Waals surface area contributed by atoms with E-state index in [-0.39, 0.29) is 6.54 Å². The Bertz CT molecular complexity index is 629. The van der Waals surface area contributed by atoms with Gasteiger partial charge in [0.15, 0.2) is 0 Å². The molecule has 0 unspecified atom stereocenters. The molecule has 19 heavy (non-hydrogen) atoms. The molecule has 102 valence electrons. The third-order valence-electron chi connectivity index (χ3n) is 2.26. The van der Waals surface area contributed by atoms with Crippen LogP contribution in [0.2, 0.25) is 5.02 Å². The second kappa shape index (κ2) is 6.33. The smallest absolute Gasteiger partial charge is 0.250 e. The minimum atomic E-state index is -3.40. The van der Waals surface area contributed by atoms with Crippen molar-refractivity contribution in [2.24, 2.45) is 0 Å². The molecule has 0 aromatic carbocycles. The van der Waals surface area contributed by atoms with Crippen molar-refractivity contribution in [3.63, 3.8) is 0 Å². The van der Waals surface area contributed by atoms with Crippen LogP contribution in [0.25, 0.3) is 0 Å². The van der Waals surface area contributed by atoms with Crippen molar-refractivity contribution in [1.29, 1.82) is 0 Å². The number of rotatable bonds is 6. The third kappa shape index (κ3) is 3.90. The lowest BCUT2D eigenvalue weighted by atomic mass is 10.4. The maximum absolute atomic E-state index is 11.8. The van der Waals surface area contributed by atoms with E-state index in [1.807, 2.05) is 0 Å². The van der Waals surface area contributed by atoms with E-state index in [2.05, 4.69) is 15.0 Å². The van der Waals surface area contributed by atoms with E-state index >= 15 is 0 Å². The number of sulfonamides is 1. The molecule has 0 saturated carbocycles. The van der Waals surface area contributed by atoms with Crippen LogP contribution in [0, 0.1) is 0 Å². The van der Waals surface area contributed by atoms with Gasteiger partial charge in [0, 0.05) is 25.5 Å². The van der Waals surface area contributed by atoms with Crippen LogP contribution >= 0.6 is 22.9 Å². The average molecular weight is 318 g/mol. The van der Waals surface area contributed by atoms with Crippen molar-refractivity contribution in [3.05, 3.63) is 41.0 Å². The molecule has 0 radical (unpaired) electrons. The minimum Gasteiger partial charge on any atom is -0.382 e. The first kappa shape index (κ1) is 14.3. The molecule has 0 bridgehead atoms. The molecule has 2 N–H and O–H groups in total. The molecule has 2 heterocycles. The molecule has 0 amide bonds. The lowest BCUT2D eigenvalue weighted by Gasteiger charge is -2.08. The van der Waals surface area contributed by atoms with Crippen LogP contribution in [0.1, 0.15) is 0 Å². The summed E-state index contributed by atoms with van der Waals surface area (Å²) in [5.74, 6) is 0. The fourth-order valence-corrected chi connectivity index (χ4v) is 3.64. The van der Waals surface area contributed by atoms with Gasteiger partial charge in [0.1, 0.15) is 4.21 Å². The summed E-state index contributed by atoms with van der Waals surface area (Å²) in [6, 6.07) is 5.00. The van der Waals surface area contributed by atoms with Crippen molar-refractivity contribution >= 4 is 38.6 Å². The highest BCUT2D eigenvalue weighted by Crippen LogP contribution is 2.18. The number of hydrogen-bond acceptors (Lipinski definition) is 5. The molecule has 0 aliphatic heterocycles. The average Bonchev–Trinajstić information content (AvgIpc) is 2.91. The molecule has 0 atom stereocenters. The molecule has 2 aromatic heterocycles. The van der Waals surface area contributed by atoms with E-state index in [4.69, 9.17) is 11.6 Å². The highest BCUT2D eigenvalue weighted by atomic mass is 35.5. The quantitative estimate of drug-likeness (QED) is 0.801. The summed E-state index contributed by atoms with van der Waals surface area (Å²) >= 11 is 7.10. The van der Waals surface area contributed by atoms with Crippen molar-refractivity contribution in [2.75, 3.05) is 18.4 Å². The summed E-state index contributed by atoms with van der Waals surface area (Å²) in [6.07, 6.45) is 3.14. The van der Waals surface area contributed by atoms with Gasteiger partial charge in [-0.3, -0.25) is 4.98 Å². The third-order valence-corrected chi connectivity index (χ3v) is 5.42. The van der Waals surface area contributed by atoms with Gasteiger partial charge in [-0.15, -0.1) is 11.3 Å². The summed E-state index contributed by atoms with van der Waals surface area (Å²) in [5, 5.41) is 5.26. The molecule has 2 rings (SSSR count). The van der Waals surface area contributed by atoms with Gasteiger partial charge >= 0.3 is 0 Å². The first-order valence-corrected chi connectivity index (χ1v) is 8.20. The first-order valence-electron chi connectivity index (χ1n) is 5.46. The van der Waals surface area contributed by atoms with Gasteiger partial charge in [0.2, 0.25) is 10.0 Å². The Hall–Kier alpha value is -1.15. The van der Waals surface area contributed by atoms with Gasteiger partial charge in [-0.1, -0.05) is 17.7 Å². The van der Waals surface area contributed by atoms with E-state index < -0.39 is 10.0 Å². The first-order chi connectivity index (χ1) is 9.09. The van der Waals surface area contributed by atoms with Crippen LogP contribution < -0.4 is 10.0 Å². The number of pyridine rings is 1. The van der Waals surface area contributed by atoms with Gasteiger partial charge in [-0.05, 0) is 17.5 Å². The summed E-state index contributed by atoms with van der Waals surface area (Å²) < 4.78 is 26.4. The predicted molar refractivity (Wildman–Crippen MR) is 77.2 cm³/mol. The number of halogens is 1. The Kier molecular flexibility index (Phi) is 4.76. The van der Waals surface area contributed by atoms with Crippen LogP contribution in [0.15, 0.2) is 40.2 Å². The second-order valence-corrected chi connectivity index (χ2v) is 6.96. The van der Waals surface area contributed by atoms with Crippen molar-refractivity contribution in [1.82, 2.24) is 9.71 Å². The molecule has 0 aliphatic rings. The number of hydrogen-bond donors (Lipinski definition) is 2. The van der Waals surface area contributed by atoms with E-state index in [1.165, 1.54) is 17.5 Å². The Balaban J connectivity index is 1.83. The molecule has 0 fully saturated rings. The summed E-state index contributed by atoms with van der Waals surface area (Å²) in [5.41, 5.74) is 0.729. The fourth-order valence-electron chi connectivity index (χ4n) is 1.39. The Morgan fingerprint density at radius 1 is 1.32 bits per heavy atom. The highest BCUT2D eigenvalue weighted by molar-refractivity contribution is 7.91. The zero-order valence-electron chi connectivity index (χ0n) is 9.84. The molecular formula is C11H12ClN3O2S2. The van der Waals surface area contributed by atoms with Gasteiger partial charge in [-0.2, -0.15) is 0 Å². The number of aromatic nitrogens is 1. The molecular weight excluding hydrogens is 306 g/mol. The molecule has 0 spiro atoms. The molecule has 5 nitrogen and oxygen atoms in total. The van der Waals surface area contributed by atoms with Crippen LogP contribution in [-0.4, -0.2) is 26.5 Å². The summed E-state index contributed by atoms with van der Waals surface area (Å²) in [6.45, 7) is 0.715. The lowest BCUT2D eigenvalue weighted by Crippen LogP contribution is -2.28. The van der Waals surface area contributed by atoms with E-state index in [1.54, 1.807) is 29.8 Å². The van der Waals surface area contributed by atoms with Crippen LogP contribution in [-0.2, 0) is 10.0 Å². The standard InChI is InChI=1S/C11H12ClN3O2S2/c12-9-8-13-4-3-10(9)14-5-6-15-19(16,17)11-2-1-7-18-11/h1-4,7-8,15H,5-6H2,(H,13,14). The maximum Gasteiger partial charge on any atom is 0.250 e. The molecule has 0 aliphatic carbocycles. The largest absolute Gasteiger partial charge is 0.382 e. The monoisotopic (exact) mass is 317 g/mol. The van der Waals surface area contributed by atoms with Crippen molar-refractivity contribution in [2.45, 2.75) is 4.21 Å². The highest BCUT2D eigenvalue weighted by Gasteiger charge is 2.13. The fraction of sp³-hybridized carbons (Fsp3) is 0.182. The zero-order valence-corrected chi connectivity index (χ0v) is 12.2. The number of nitrogens with one attached hydrogen (secondary N) is 2. The van der Waals surface area contributed by atoms with Crippen molar-refractivity contribution < 1.29 is 8.42 Å². The Morgan fingerprint density at radius 3 is 2.84 bits per heavy atom. The van der Waals surface area contributed by atoms with Crippen LogP contribution in [0.5, 0.6) is 0 Å². The SMILES string of the molecule is O=S(=O)(NCCNc1ccncc1Cl)c1cccs1. The summed E-state index contributed by atoms with van der Waals surface area (Å²) in [4.78, 5) is 3.86. The van der Waals surface area contributed by atoms with Crippen LogP contribution in [0.4, 0.5) is 5.69 Å². The zero-order chi connectivity index (χ0) is 13.7. The number of thiophene rings is 1. The number of anilines is 1. The minimum absolute atomic E-state index is 0.277. The predicted octanol–water partition coefficient (Wildman–Crippen LogP) is 2.19. The van der Waals surface area contributed by atoms with Crippen LogP contribution in [0.3, 0.4) is 0 Å². The van der Waals surface area contributed by atoms with Gasteiger partial charge in [-0.25, -0.2) is 13.1 Å². The van der Waals surface area contributed by atoms with E-state index in [0.29, 0.717) is 15.8 Å². The number of nitrogens with zero attached hydrogens (tertiary/aromatic N) is 1. The van der Waals surface area contributed by atoms with Gasteiger partial charge in [0.25, 0.3) is 0 Å². The normalized spacial score (nSPS) is 11.4. The Labute approximate surface area is 120 Å². The van der Waals surface area contributed by atoms with Crippen molar-refractivity contribution in [3.8, 4) is 0 Å².